The number of para-hydroxylation sites is 1. The van der Waals surface area contributed by atoms with Crippen molar-refractivity contribution in [3.05, 3.63) is 60.2 Å². The van der Waals surface area contributed by atoms with Gasteiger partial charge in [0.1, 0.15) is 11.5 Å². The predicted molar refractivity (Wildman–Crippen MR) is 83.0 cm³/mol. The third-order valence-corrected chi connectivity index (χ3v) is 3.07. The highest BCUT2D eigenvalue weighted by molar-refractivity contribution is 5.33. The van der Waals surface area contributed by atoms with Crippen LogP contribution in [0.5, 0.6) is 11.5 Å². The van der Waals surface area contributed by atoms with Crippen LogP contribution in [-0.4, -0.2) is 25.0 Å². The van der Waals surface area contributed by atoms with Crippen LogP contribution in [0.15, 0.2) is 54.6 Å². The van der Waals surface area contributed by atoms with Gasteiger partial charge in [0.05, 0.1) is 0 Å². The highest BCUT2D eigenvalue weighted by atomic mass is 16.5. The van der Waals surface area contributed by atoms with Crippen molar-refractivity contribution < 1.29 is 4.74 Å². The summed E-state index contributed by atoms with van der Waals surface area (Å²) in [6.45, 7) is 2.66. The van der Waals surface area contributed by atoms with Crippen LogP contribution in [0.3, 0.4) is 0 Å². The molecule has 0 aliphatic heterocycles. The van der Waals surface area contributed by atoms with Crippen molar-refractivity contribution in [2.24, 2.45) is 5.73 Å². The minimum atomic E-state index is 0.738. The molecule has 106 valence electrons. The SMILES string of the molecule is CN(CCCN)Cc1cccc(Oc2ccccc2)c1. The first kappa shape index (κ1) is 14.6. The van der Waals surface area contributed by atoms with Gasteiger partial charge in [-0.05, 0) is 56.4 Å². The van der Waals surface area contributed by atoms with Crippen molar-refractivity contribution in [1.82, 2.24) is 4.90 Å². The fraction of sp³-hybridized carbons (Fsp3) is 0.294. The van der Waals surface area contributed by atoms with E-state index in [0.717, 1.165) is 37.6 Å². The van der Waals surface area contributed by atoms with Crippen molar-refractivity contribution >= 4 is 0 Å². The maximum Gasteiger partial charge on any atom is 0.127 e. The van der Waals surface area contributed by atoms with Crippen LogP contribution < -0.4 is 10.5 Å². The zero-order chi connectivity index (χ0) is 14.2. The summed E-state index contributed by atoms with van der Waals surface area (Å²) in [7, 11) is 2.11. The summed E-state index contributed by atoms with van der Waals surface area (Å²) in [5.74, 6) is 1.74. The summed E-state index contributed by atoms with van der Waals surface area (Å²) in [6, 6.07) is 18.1. The van der Waals surface area contributed by atoms with Gasteiger partial charge in [-0.15, -0.1) is 0 Å². The molecule has 2 aromatic carbocycles. The number of hydrogen-bond acceptors (Lipinski definition) is 3. The van der Waals surface area contributed by atoms with E-state index in [4.69, 9.17) is 10.5 Å². The molecule has 0 spiro atoms. The van der Waals surface area contributed by atoms with Gasteiger partial charge in [-0.1, -0.05) is 30.3 Å². The Morgan fingerprint density at radius 1 is 1.00 bits per heavy atom. The molecule has 0 unspecified atom stereocenters. The smallest absolute Gasteiger partial charge is 0.127 e. The van der Waals surface area contributed by atoms with Gasteiger partial charge in [0.25, 0.3) is 0 Å². The van der Waals surface area contributed by atoms with Gasteiger partial charge in [-0.3, -0.25) is 0 Å². The van der Waals surface area contributed by atoms with Gasteiger partial charge < -0.3 is 15.4 Å². The fourth-order valence-corrected chi connectivity index (χ4v) is 2.08. The number of nitrogens with zero attached hydrogens (tertiary/aromatic N) is 1. The lowest BCUT2D eigenvalue weighted by molar-refractivity contribution is 0.323. The van der Waals surface area contributed by atoms with E-state index in [1.807, 2.05) is 42.5 Å². The molecule has 0 fully saturated rings. The number of hydrogen-bond donors (Lipinski definition) is 1. The predicted octanol–water partition coefficient (Wildman–Crippen LogP) is 3.26. The summed E-state index contributed by atoms with van der Waals surface area (Å²) >= 11 is 0. The van der Waals surface area contributed by atoms with E-state index in [-0.39, 0.29) is 0 Å². The second-order valence-corrected chi connectivity index (χ2v) is 4.94. The van der Waals surface area contributed by atoms with Gasteiger partial charge in [-0.2, -0.15) is 0 Å². The Bertz CT molecular complexity index is 513. The molecule has 3 heteroatoms. The van der Waals surface area contributed by atoms with Crippen LogP contribution >= 0.6 is 0 Å². The van der Waals surface area contributed by atoms with Gasteiger partial charge in [-0.25, -0.2) is 0 Å². The Labute approximate surface area is 121 Å². The lowest BCUT2D eigenvalue weighted by atomic mass is 10.2. The van der Waals surface area contributed by atoms with Crippen LogP contribution in [0, 0.1) is 0 Å². The van der Waals surface area contributed by atoms with Crippen molar-refractivity contribution in [2.45, 2.75) is 13.0 Å². The number of rotatable bonds is 7. The molecule has 0 saturated heterocycles. The Morgan fingerprint density at radius 2 is 1.75 bits per heavy atom. The first-order valence-corrected chi connectivity index (χ1v) is 6.98. The van der Waals surface area contributed by atoms with E-state index in [2.05, 4.69) is 24.1 Å². The second-order valence-electron chi connectivity index (χ2n) is 4.94. The van der Waals surface area contributed by atoms with E-state index in [1.165, 1.54) is 5.56 Å². The summed E-state index contributed by atoms with van der Waals surface area (Å²) in [5, 5.41) is 0. The van der Waals surface area contributed by atoms with Gasteiger partial charge >= 0.3 is 0 Å². The molecule has 0 saturated carbocycles. The number of ether oxygens (including phenoxy) is 1. The Morgan fingerprint density at radius 3 is 2.50 bits per heavy atom. The Hall–Kier alpha value is -1.84. The molecule has 0 bridgehead atoms. The summed E-state index contributed by atoms with van der Waals surface area (Å²) < 4.78 is 5.84. The molecule has 0 radical (unpaired) electrons. The normalized spacial score (nSPS) is 10.8. The maximum absolute atomic E-state index is 5.84. The van der Waals surface area contributed by atoms with E-state index in [9.17, 15) is 0 Å². The molecule has 0 heterocycles. The molecule has 0 aliphatic rings. The standard InChI is InChI=1S/C17H22N2O/c1-19(12-6-11-18)14-15-7-5-10-17(13-15)20-16-8-3-2-4-9-16/h2-5,7-10,13H,6,11-12,14,18H2,1H3. The molecule has 0 amide bonds. The van der Waals surface area contributed by atoms with Crippen LogP contribution in [0.1, 0.15) is 12.0 Å². The molecule has 0 aromatic heterocycles. The third-order valence-electron chi connectivity index (χ3n) is 3.07. The van der Waals surface area contributed by atoms with Crippen LogP contribution in [0.4, 0.5) is 0 Å². The molecule has 0 atom stereocenters. The molecule has 20 heavy (non-hydrogen) atoms. The van der Waals surface area contributed by atoms with Gasteiger partial charge in [0.2, 0.25) is 0 Å². The van der Waals surface area contributed by atoms with Crippen molar-refractivity contribution in [2.75, 3.05) is 20.1 Å². The quantitative estimate of drug-likeness (QED) is 0.839. The first-order chi connectivity index (χ1) is 9.78. The zero-order valence-electron chi connectivity index (χ0n) is 12.0. The van der Waals surface area contributed by atoms with Crippen LogP contribution in [-0.2, 0) is 6.54 Å². The lowest BCUT2D eigenvalue weighted by Crippen LogP contribution is -2.21. The third kappa shape index (κ3) is 4.68. The van der Waals surface area contributed by atoms with Crippen LogP contribution in [0.25, 0.3) is 0 Å². The second kappa shape index (κ2) is 7.68. The highest BCUT2D eigenvalue weighted by Crippen LogP contribution is 2.22. The number of benzene rings is 2. The Kier molecular flexibility index (Phi) is 5.59. The first-order valence-electron chi connectivity index (χ1n) is 6.98. The van der Waals surface area contributed by atoms with Crippen molar-refractivity contribution in [3.63, 3.8) is 0 Å². The average Bonchev–Trinajstić information content (AvgIpc) is 2.46. The van der Waals surface area contributed by atoms with Crippen molar-refractivity contribution in [1.29, 1.82) is 0 Å². The van der Waals surface area contributed by atoms with E-state index in [0.29, 0.717) is 0 Å². The monoisotopic (exact) mass is 270 g/mol. The molecular formula is C17H22N2O. The topological polar surface area (TPSA) is 38.5 Å². The van der Waals surface area contributed by atoms with Crippen LogP contribution in [0.2, 0.25) is 0 Å². The van der Waals surface area contributed by atoms with E-state index in [1.54, 1.807) is 0 Å². The molecule has 3 nitrogen and oxygen atoms in total. The number of nitrogens with two attached hydrogens (primary N) is 1. The van der Waals surface area contributed by atoms with Gasteiger partial charge in [0, 0.05) is 6.54 Å². The molecular weight excluding hydrogens is 248 g/mol. The summed E-state index contributed by atoms with van der Waals surface area (Å²) in [5.41, 5.74) is 6.78. The maximum atomic E-state index is 5.84. The molecule has 2 rings (SSSR count). The van der Waals surface area contributed by atoms with E-state index >= 15 is 0 Å². The minimum Gasteiger partial charge on any atom is -0.457 e. The Balaban J connectivity index is 1.97. The molecule has 2 aromatic rings. The van der Waals surface area contributed by atoms with Crippen molar-refractivity contribution in [3.8, 4) is 11.5 Å². The van der Waals surface area contributed by atoms with E-state index < -0.39 is 0 Å². The summed E-state index contributed by atoms with van der Waals surface area (Å²) in [4.78, 5) is 2.27. The lowest BCUT2D eigenvalue weighted by Gasteiger charge is -2.16. The van der Waals surface area contributed by atoms with Gasteiger partial charge in [0.15, 0.2) is 0 Å². The minimum absolute atomic E-state index is 0.738. The highest BCUT2D eigenvalue weighted by Gasteiger charge is 2.02. The average molecular weight is 270 g/mol. The summed E-state index contributed by atoms with van der Waals surface area (Å²) in [6.07, 6.45) is 1.02. The largest absolute Gasteiger partial charge is 0.457 e. The fourth-order valence-electron chi connectivity index (χ4n) is 2.08. The molecule has 0 aliphatic carbocycles. The zero-order valence-corrected chi connectivity index (χ0v) is 12.0. The molecule has 2 N–H and O–H groups in total.